The maximum atomic E-state index is 6.09. The molecule has 1 aliphatic carbocycles. The number of rotatable bonds is 0. The van der Waals surface area contributed by atoms with E-state index in [1.54, 1.807) is 0 Å². The molecular formula is C10H11BrIN. The van der Waals surface area contributed by atoms with Crippen LogP contribution >= 0.6 is 38.5 Å². The first-order valence-corrected chi connectivity index (χ1v) is 6.29. The number of hydrogen-bond donors (Lipinski definition) is 1. The summed E-state index contributed by atoms with van der Waals surface area (Å²) in [4.78, 5) is 0. The standard InChI is InChI=1S/C10H11BrIN/c11-7-4-5-8(12)10-6(7)2-1-3-9(10)13/h4-5,9H,1-3,13H2/t9-/m0/s1. The Labute approximate surface area is 100 Å². The Kier molecular flexibility index (Phi) is 2.95. The predicted octanol–water partition coefficient (Wildman–Crippen LogP) is 3.39. The second-order valence-electron chi connectivity index (χ2n) is 3.42. The van der Waals surface area contributed by atoms with Gasteiger partial charge in [-0.1, -0.05) is 15.9 Å². The van der Waals surface area contributed by atoms with Crippen LogP contribution in [0.15, 0.2) is 16.6 Å². The molecule has 0 radical (unpaired) electrons. The molecule has 3 heteroatoms. The molecular weight excluding hydrogens is 341 g/mol. The molecule has 1 aromatic rings. The second kappa shape index (κ2) is 3.87. The highest BCUT2D eigenvalue weighted by molar-refractivity contribution is 14.1. The predicted molar refractivity (Wildman–Crippen MR) is 66.7 cm³/mol. The van der Waals surface area contributed by atoms with Crippen molar-refractivity contribution in [3.05, 3.63) is 31.3 Å². The number of benzene rings is 1. The molecule has 2 rings (SSSR count). The zero-order valence-electron chi connectivity index (χ0n) is 7.19. The van der Waals surface area contributed by atoms with E-state index in [9.17, 15) is 0 Å². The van der Waals surface area contributed by atoms with E-state index in [2.05, 4.69) is 50.7 Å². The van der Waals surface area contributed by atoms with Crippen molar-refractivity contribution < 1.29 is 0 Å². The van der Waals surface area contributed by atoms with Gasteiger partial charge in [-0.2, -0.15) is 0 Å². The van der Waals surface area contributed by atoms with E-state index in [4.69, 9.17) is 5.73 Å². The average Bonchev–Trinajstić information content (AvgIpc) is 2.12. The van der Waals surface area contributed by atoms with E-state index in [0.29, 0.717) is 0 Å². The molecule has 1 aromatic carbocycles. The van der Waals surface area contributed by atoms with Gasteiger partial charge >= 0.3 is 0 Å². The molecule has 2 N–H and O–H groups in total. The van der Waals surface area contributed by atoms with Gasteiger partial charge in [-0.25, -0.2) is 0 Å². The van der Waals surface area contributed by atoms with Crippen molar-refractivity contribution in [2.45, 2.75) is 25.3 Å². The highest BCUT2D eigenvalue weighted by atomic mass is 127. The maximum Gasteiger partial charge on any atom is 0.0308 e. The van der Waals surface area contributed by atoms with Crippen LogP contribution in [0.3, 0.4) is 0 Å². The third-order valence-corrected chi connectivity index (χ3v) is 4.24. The summed E-state index contributed by atoms with van der Waals surface area (Å²) in [7, 11) is 0. The van der Waals surface area contributed by atoms with Gasteiger partial charge in [0.15, 0.2) is 0 Å². The molecule has 70 valence electrons. The van der Waals surface area contributed by atoms with Gasteiger partial charge < -0.3 is 5.73 Å². The molecule has 0 saturated carbocycles. The summed E-state index contributed by atoms with van der Waals surface area (Å²) in [5, 5.41) is 0. The highest BCUT2D eigenvalue weighted by Crippen LogP contribution is 2.35. The summed E-state index contributed by atoms with van der Waals surface area (Å²) in [5.74, 6) is 0. The lowest BCUT2D eigenvalue weighted by Gasteiger charge is -2.24. The van der Waals surface area contributed by atoms with E-state index >= 15 is 0 Å². The Morgan fingerprint density at radius 2 is 2.23 bits per heavy atom. The normalized spacial score (nSPS) is 21.3. The summed E-state index contributed by atoms with van der Waals surface area (Å²) in [6.45, 7) is 0. The zero-order chi connectivity index (χ0) is 9.42. The number of fused-ring (bicyclic) bond motifs is 1. The molecule has 0 unspecified atom stereocenters. The monoisotopic (exact) mass is 351 g/mol. The molecule has 0 heterocycles. The van der Waals surface area contributed by atoms with E-state index in [-0.39, 0.29) is 6.04 Å². The summed E-state index contributed by atoms with van der Waals surface area (Å²) >= 11 is 5.96. The van der Waals surface area contributed by atoms with Gasteiger partial charge in [0.25, 0.3) is 0 Å². The second-order valence-corrected chi connectivity index (χ2v) is 5.44. The van der Waals surface area contributed by atoms with Crippen molar-refractivity contribution in [3.8, 4) is 0 Å². The molecule has 0 saturated heterocycles. The SMILES string of the molecule is N[C@H]1CCCc2c(Br)ccc(I)c21. The summed E-state index contributed by atoms with van der Waals surface area (Å²) in [6, 6.07) is 4.50. The Morgan fingerprint density at radius 3 is 2.92 bits per heavy atom. The third kappa shape index (κ3) is 1.78. The molecule has 1 atom stereocenters. The molecule has 0 fully saturated rings. The first-order chi connectivity index (χ1) is 6.20. The zero-order valence-corrected chi connectivity index (χ0v) is 10.9. The number of nitrogens with two attached hydrogens (primary N) is 1. The van der Waals surface area contributed by atoms with Gasteiger partial charge in [0.05, 0.1) is 0 Å². The molecule has 0 bridgehead atoms. The molecule has 1 nitrogen and oxygen atoms in total. The van der Waals surface area contributed by atoms with Gasteiger partial charge in [-0.15, -0.1) is 0 Å². The minimum atomic E-state index is 0.244. The van der Waals surface area contributed by atoms with Crippen molar-refractivity contribution in [1.82, 2.24) is 0 Å². The number of hydrogen-bond acceptors (Lipinski definition) is 1. The lowest BCUT2D eigenvalue weighted by atomic mass is 9.88. The molecule has 0 aliphatic heterocycles. The fourth-order valence-electron chi connectivity index (χ4n) is 1.91. The maximum absolute atomic E-state index is 6.09. The molecule has 1 aliphatic rings. The van der Waals surface area contributed by atoms with Crippen LogP contribution in [0.25, 0.3) is 0 Å². The lowest BCUT2D eigenvalue weighted by molar-refractivity contribution is 0.566. The topological polar surface area (TPSA) is 26.0 Å². The van der Waals surface area contributed by atoms with Crippen LogP contribution in [0, 0.1) is 3.57 Å². The van der Waals surface area contributed by atoms with E-state index < -0.39 is 0 Å². The van der Waals surface area contributed by atoms with Crippen molar-refractivity contribution in [2.75, 3.05) is 0 Å². The van der Waals surface area contributed by atoms with Crippen LogP contribution in [-0.2, 0) is 6.42 Å². The Balaban J connectivity index is 2.60. The van der Waals surface area contributed by atoms with E-state index in [1.165, 1.54) is 32.0 Å². The summed E-state index contributed by atoms with van der Waals surface area (Å²) in [5.41, 5.74) is 8.87. The van der Waals surface area contributed by atoms with Crippen molar-refractivity contribution in [1.29, 1.82) is 0 Å². The summed E-state index contributed by atoms with van der Waals surface area (Å²) in [6.07, 6.45) is 3.51. The van der Waals surface area contributed by atoms with Crippen molar-refractivity contribution >= 4 is 38.5 Å². The Morgan fingerprint density at radius 1 is 1.46 bits per heavy atom. The molecule has 0 amide bonds. The first kappa shape index (κ1) is 9.93. The Hall–Kier alpha value is 0.390. The van der Waals surface area contributed by atoms with Crippen LogP contribution in [0.5, 0.6) is 0 Å². The van der Waals surface area contributed by atoms with Gasteiger partial charge in [-0.05, 0) is 65.1 Å². The van der Waals surface area contributed by atoms with Crippen molar-refractivity contribution in [3.63, 3.8) is 0 Å². The quantitative estimate of drug-likeness (QED) is 0.712. The smallest absolute Gasteiger partial charge is 0.0308 e. The van der Waals surface area contributed by atoms with Crippen LogP contribution in [0.4, 0.5) is 0 Å². The van der Waals surface area contributed by atoms with Crippen LogP contribution in [0.1, 0.15) is 30.0 Å². The highest BCUT2D eigenvalue weighted by Gasteiger charge is 2.20. The van der Waals surface area contributed by atoms with E-state index in [1.807, 2.05) is 0 Å². The van der Waals surface area contributed by atoms with Gasteiger partial charge in [0, 0.05) is 14.1 Å². The number of halogens is 2. The van der Waals surface area contributed by atoms with Crippen molar-refractivity contribution in [2.24, 2.45) is 5.73 Å². The molecule has 0 spiro atoms. The van der Waals surface area contributed by atoms with Crippen LogP contribution in [-0.4, -0.2) is 0 Å². The van der Waals surface area contributed by atoms with Crippen LogP contribution < -0.4 is 5.73 Å². The molecule has 0 aromatic heterocycles. The Bertz CT molecular complexity index is 338. The largest absolute Gasteiger partial charge is 0.324 e. The fourth-order valence-corrected chi connectivity index (χ4v) is 3.36. The fraction of sp³-hybridized carbons (Fsp3) is 0.400. The van der Waals surface area contributed by atoms with Gasteiger partial charge in [0.2, 0.25) is 0 Å². The van der Waals surface area contributed by atoms with Gasteiger partial charge in [-0.3, -0.25) is 0 Å². The van der Waals surface area contributed by atoms with E-state index in [0.717, 1.165) is 6.42 Å². The third-order valence-electron chi connectivity index (χ3n) is 2.56. The first-order valence-electron chi connectivity index (χ1n) is 4.42. The lowest BCUT2D eigenvalue weighted by Crippen LogP contribution is -2.19. The minimum Gasteiger partial charge on any atom is -0.324 e. The van der Waals surface area contributed by atoms with Gasteiger partial charge in [0.1, 0.15) is 0 Å². The summed E-state index contributed by atoms with van der Waals surface area (Å²) < 4.78 is 2.53. The minimum absolute atomic E-state index is 0.244. The molecule has 13 heavy (non-hydrogen) atoms. The van der Waals surface area contributed by atoms with Crippen LogP contribution in [0.2, 0.25) is 0 Å². The average molecular weight is 352 g/mol.